The molecule has 2 aromatic carbocycles. The van der Waals surface area contributed by atoms with Gasteiger partial charge in [-0.2, -0.15) is 0 Å². The van der Waals surface area contributed by atoms with Crippen molar-refractivity contribution in [1.29, 1.82) is 0 Å². The minimum Gasteiger partial charge on any atom is -0.380 e. The number of hydrogen-bond donors (Lipinski definition) is 1. The van der Waals surface area contributed by atoms with Gasteiger partial charge < -0.3 is 10.5 Å². The van der Waals surface area contributed by atoms with E-state index in [4.69, 9.17) is 10.5 Å². The Bertz CT molecular complexity index is 464. The third kappa shape index (κ3) is 4.86. The molecule has 0 unspecified atom stereocenters. The van der Waals surface area contributed by atoms with Crippen LogP contribution in [0, 0.1) is 0 Å². The monoisotopic (exact) mass is 255 g/mol. The largest absolute Gasteiger partial charge is 0.380 e. The van der Waals surface area contributed by atoms with Crippen molar-refractivity contribution < 1.29 is 4.74 Å². The maximum absolute atomic E-state index is 5.39. The average Bonchev–Trinajstić information content (AvgIpc) is 2.46. The van der Waals surface area contributed by atoms with Crippen molar-refractivity contribution in [3.63, 3.8) is 0 Å². The first-order chi connectivity index (χ1) is 9.38. The van der Waals surface area contributed by atoms with E-state index in [1.165, 1.54) is 16.7 Å². The molecule has 0 radical (unpaired) electrons. The van der Waals surface area contributed by atoms with Gasteiger partial charge in [0.1, 0.15) is 0 Å². The van der Waals surface area contributed by atoms with Crippen molar-refractivity contribution in [2.24, 2.45) is 5.73 Å². The zero-order chi connectivity index (χ0) is 13.3. The molecule has 0 aliphatic rings. The van der Waals surface area contributed by atoms with Crippen LogP contribution in [0.5, 0.6) is 0 Å². The highest BCUT2D eigenvalue weighted by Crippen LogP contribution is 2.11. The Morgan fingerprint density at radius 1 is 0.737 bits per heavy atom. The smallest absolute Gasteiger partial charge is 0.0588 e. The van der Waals surface area contributed by atoms with Gasteiger partial charge in [-0.1, -0.05) is 54.6 Å². The summed E-state index contributed by atoms with van der Waals surface area (Å²) in [5, 5.41) is 0. The van der Waals surface area contributed by atoms with Gasteiger partial charge in [0, 0.05) is 6.54 Å². The second-order valence-electron chi connectivity index (χ2n) is 4.63. The minimum atomic E-state index is 0.593. The molecule has 0 heterocycles. The molecule has 2 aromatic rings. The lowest BCUT2D eigenvalue weighted by molar-refractivity contribution is 0.145. The summed E-state index contributed by atoms with van der Waals surface area (Å²) in [5.74, 6) is 0. The van der Waals surface area contributed by atoms with Crippen LogP contribution in [-0.2, 0) is 17.6 Å². The summed E-state index contributed by atoms with van der Waals surface area (Å²) in [6, 6.07) is 19.3. The van der Waals surface area contributed by atoms with Gasteiger partial charge in [0.25, 0.3) is 0 Å². The molecule has 0 spiro atoms. The predicted molar refractivity (Wildman–Crippen MR) is 79.3 cm³/mol. The van der Waals surface area contributed by atoms with Gasteiger partial charge in [0.05, 0.1) is 13.2 Å². The highest BCUT2D eigenvalue weighted by Gasteiger charge is 1.97. The molecule has 0 saturated heterocycles. The van der Waals surface area contributed by atoms with Crippen molar-refractivity contribution in [3.8, 4) is 0 Å². The summed E-state index contributed by atoms with van der Waals surface area (Å²) in [6.07, 6.45) is 1.94. The Hall–Kier alpha value is -1.64. The Kier molecular flexibility index (Phi) is 5.60. The lowest BCUT2D eigenvalue weighted by Crippen LogP contribution is -2.10. The fourth-order valence-corrected chi connectivity index (χ4v) is 2.03. The van der Waals surface area contributed by atoms with Crippen LogP contribution in [0.1, 0.15) is 16.7 Å². The van der Waals surface area contributed by atoms with Crippen LogP contribution in [0.3, 0.4) is 0 Å². The fourth-order valence-electron chi connectivity index (χ4n) is 2.03. The lowest BCUT2D eigenvalue weighted by Gasteiger charge is -2.05. The van der Waals surface area contributed by atoms with E-state index in [-0.39, 0.29) is 0 Å². The normalized spacial score (nSPS) is 10.6. The van der Waals surface area contributed by atoms with E-state index in [0.29, 0.717) is 13.2 Å². The highest BCUT2D eigenvalue weighted by molar-refractivity contribution is 5.28. The molecule has 2 heteroatoms. The molecule has 100 valence electrons. The van der Waals surface area contributed by atoms with Crippen LogP contribution in [0.4, 0.5) is 0 Å². The van der Waals surface area contributed by atoms with E-state index in [1.54, 1.807) is 0 Å². The maximum Gasteiger partial charge on any atom is 0.0588 e. The topological polar surface area (TPSA) is 35.2 Å². The number of ether oxygens (including phenoxy) is 1. The molecule has 2 nitrogen and oxygen atoms in total. The molecule has 0 saturated carbocycles. The maximum atomic E-state index is 5.39. The van der Waals surface area contributed by atoms with E-state index in [2.05, 4.69) is 48.5 Å². The number of benzene rings is 2. The lowest BCUT2D eigenvalue weighted by atomic mass is 10.0. The van der Waals surface area contributed by atoms with E-state index < -0.39 is 0 Å². The zero-order valence-electron chi connectivity index (χ0n) is 11.2. The molecule has 0 atom stereocenters. The van der Waals surface area contributed by atoms with Gasteiger partial charge in [-0.3, -0.25) is 0 Å². The number of hydrogen-bond acceptors (Lipinski definition) is 2. The Balaban J connectivity index is 1.84. The highest BCUT2D eigenvalue weighted by atomic mass is 16.5. The first kappa shape index (κ1) is 13.8. The quantitative estimate of drug-likeness (QED) is 0.772. The summed E-state index contributed by atoms with van der Waals surface area (Å²) >= 11 is 0. The van der Waals surface area contributed by atoms with Gasteiger partial charge in [0.15, 0.2) is 0 Å². The van der Waals surface area contributed by atoms with Crippen LogP contribution in [-0.4, -0.2) is 19.8 Å². The first-order valence-corrected chi connectivity index (χ1v) is 6.78. The molecule has 19 heavy (non-hydrogen) atoms. The van der Waals surface area contributed by atoms with Gasteiger partial charge in [-0.25, -0.2) is 0 Å². The van der Waals surface area contributed by atoms with Gasteiger partial charge in [-0.05, 0) is 29.5 Å². The summed E-state index contributed by atoms with van der Waals surface area (Å²) in [7, 11) is 0. The average molecular weight is 255 g/mol. The van der Waals surface area contributed by atoms with Crippen LogP contribution in [0.2, 0.25) is 0 Å². The Labute approximate surface area is 115 Å². The third-order valence-corrected chi connectivity index (χ3v) is 3.07. The van der Waals surface area contributed by atoms with Crippen molar-refractivity contribution in [2.75, 3.05) is 19.8 Å². The van der Waals surface area contributed by atoms with Gasteiger partial charge in [0.2, 0.25) is 0 Å². The second-order valence-corrected chi connectivity index (χ2v) is 4.63. The molecular formula is C17H21NO. The SMILES string of the molecule is NCCOCCc1ccc(Cc2ccccc2)cc1. The first-order valence-electron chi connectivity index (χ1n) is 6.78. The van der Waals surface area contributed by atoms with Gasteiger partial charge >= 0.3 is 0 Å². The van der Waals surface area contributed by atoms with Gasteiger partial charge in [-0.15, -0.1) is 0 Å². The molecule has 0 aromatic heterocycles. The van der Waals surface area contributed by atoms with Crippen LogP contribution >= 0.6 is 0 Å². The number of rotatable bonds is 7. The molecule has 2 N–H and O–H groups in total. The molecule has 0 aliphatic carbocycles. The van der Waals surface area contributed by atoms with Crippen molar-refractivity contribution in [3.05, 3.63) is 71.3 Å². The Morgan fingerprint density at radius 3 is 2.05 bits per heavy atom. The molecule has 0 aliphatic heterocycles. The standard InChI is InChI=1S/C17H21NO/c18-11-13-19-12-10-15-6-8-17(9-7-15)14-16-4-2-1-3-5-16/h1-9H,10-14,18H2. The van der Waals surface area contributed by atoms with Crippen molar-refractivity contribution in [1.82, 2.24) is 0 Å². The zero-order valence-corrected chi connectivity index (χ0v) is 11.2. The second kappa shape index (κ2) is 7.72. The van der Waals surface area contributed by atoms with E-state index in [9.17, 15) is 0 Å². The van der Waals surface area contributed by atoms with Crippen LogP contribution < -0.4 is 5.73 Å². The van der Waals surface area contributed by atoms with Crippen LogP contribution in [0.25, 0.3) is 0 Å². The fraction of sp³-hybridized carbons (Fsp3) is 0.294. The van der Waals surface area contributed by atoms with E-state index in [1.807, 2.05) is 6.07 Å². The predicted octanol–water partition coefficient (Wildman–Crippen LogP) is 2.80. The summed E-state index contributed by atoms with van der Waals surface area (Å²) in [5.41, 5.74) is 9.38. The van der Waals surface area contributed by atoms with E-state index >= 15 is 0 Å². The van der Waals surface area contributed by atoms with E-state index in [0.717, 1.165) is 19.4 Å². The number of nitrogens with two attached hydrogens (primary N) is 1. The van der Waals surface area contributed by atoms with Crippen LogP contribution in [0.15, 0.2) is 54.6 Å². The van der Waals surface area contributed by atoms with Crippen molar-refractivity contribution >= 4 is 0 Å². The molecular weight excluding hydrogens is 234 g/mol. The third-order valence-electron chi connectivity index (χ3n) is 3.07. The minimum absolute atomic E-state index is 0.593. The molecule has 0 bridgehead atoms. The molecule has 2 rings (SSSR count). The molecule has 0 amide bonds. The summed E-state index contributed by atoms with van der Waals surface area (Å²) in [4.78, 5) is 0. The van der Waals surface area contributed by atoms with Crippen molar-refractivity contribution in [2.45, 2.75) is 12.8 Å². The summed E-state index contributed by atoms with van der Waals surface area (Å²) in [6.45, 7) is 1.98. The summed E-state index contributed by atoms with van der Waals surface area (Å²) < 4.78 is 5.39. The molecule has 0 fully saturated rings. The Morgan fingerprint density at radius 2 is 1.37 bits per heavy atom.